The summed E-state index contributed by atoms with van der Waals surface area (Å²) in [5.74, 6) is 0. The summed E-state index contributed by atoms with van der Waals surface area (Å²) in [6.07, 6.45) is 2.76. The standard InChI is InChI=1S/C12H9N3O4S/c13-20(16,17)12-7-8(10-3-5-18-14-10)1-2-9(12)11-4-6-19-15-11/h1-7H,(H2,13,16,17). The van der Waals surface area contributed by atoms with Crippen molar-refractivity contribution >= 4 is 10.0 Å². The van der Waals surface area contributed by atoms with E-state index in [0.29, 0.717) is 22.5 Å². The Morgan fingerprint density at radius 2 is 1.60 bits per heavy atom. The van der Waals surface area contributed by atoms with E-state index in [2.05, 4.69) is 10.3 Å². The third kappa shape index (κ3) is 2.22. The van der Waals surface area contributed by atoms with Crippen LogP contribution in [0.5, 0.6) is 0 Å². The topological polar surface area (TPSA) is 112 Å². The van der Waals surface area contributed by atoms with Crippen molar-refractivity contribution in [3.63, 3.8) is 0 Å². The molecule has 2 aromatic heterocycles. The normalized spacial score (nSPS) is 11.7. The van der Waals surface area contributed by atoms with Gasteiger partial charge >= 0.3 is 0 Å². The van der Waals surface area contributed by atoms with Crippen LogP contribution in [0.15, 0.2) is 56.8 Å². The van der Waals surface area contributed by atoms with Crippen molar-refractivity contribution in [3.05, 3.63) is 42.9 Å². The molecule has 7 nitrogen and oxygen atoms in total. The van der Waals surface area contributed by atoms with E-state index in [1.807, 2.05) is 0 Å². The number of sulfonamides is 1. The van der Waals surface area contributed by atoms with Crippen molar-refractivity contribution in [1.29, 1.82) is 0 Å². The number of nitrogens with two attached hydrogens (primary N) is 1. The Bertz CT molecular complexity index is 824. The van der Waals surface area contributed by atoms with Crippen molar-refractivity contribution in [3.8, 4) is 22.5 Å². The third-order valence-electron chi connectivity index (χ3n) is 2.74. The molecule has 0 bridgehead atoms. The highest BCUT2D eigenvalue weighted by Crippen LogP contribution is 2.29. The van der Waals surface area contributed by atoms with Crippen LogP contribution in [-0.4, -0.2) is 18.7 Å². The first-order chi connectivity index (χ1) is 9.55. The van der Waals surface area contributed by atoms with Crippen LogP contribution in [0.1, 0.15) is 0 Å². The highest BCUT2D eigenvalue weighted by atomic mass is 32.2. The predicted molar refractivity (Wildman–Crippen MR) is 68.8 cm³/mol. The molecule has 0 aliphatic rings. The lowest BCUT2D eigenvalue weighted by atomic mass is 10.1. The Hall–Kier alpha value is -2.45. The number of hydrogen-bond donors (Lipinski definition) is 1. The van der Waals surface area contributed by atoms with Crippen LogP contribution in [0.2, 0.25) is 0 Å². The van der Waals surface area contributed by atoms with Gasteiger partial charge in [-0.2, -0.15) is 0 Å². The van der Waals surface area contributed by atoms with Crippen LogP contribution in [0, 0.1) is 0 Å². The fourth-order valence-corrected chi connectivity index (χ4v) is 2.61. The van der Waals surface area contributed by atoms with Gasteiger partial charge in [0.05, 0.1) is 4.90 Å². The third-order valence-corrected chi connectivity index (χ3v) is 3.69. The molecule has 2 heterocycles. The minimum atomic E-state index is -3.91. The highest BCUT2D eigenvalue weighted by molar-refractivity contribution is 7.89. The first kappa shape index (κ1) is 12.6. The van der Waals surface area contributed by atoms with Gasteiger partial charge in [-0.05, 0) is 6.07 Å². The zero-order valence-corrected chi connectivity index (χ0v) is 10.9. The van der Waals surface area contributed by atoms with Crippen molar-refractivity contribution in [2.45, 2.75) is 4.90 Å². The van der Waals surface area contributed by atoms with E-state index in [0.717, 1.165) is 0 Å². The van der Waals surface area contributed by atoms with Crippen molar-refractivity contribution < 1.29 is 17.5 Å². The van der Waals surface area contributed by atoms with Crippen molar-refractivity contribution in [2.75, 3.05) is 0 Å². The van der Waals surface area contributed by atoms with E-state index < -0.39 is 10.0 Å². The van der Waals surface area contributed by atoms with Gasteiger partial charge in [0.25, 0.3) is 0 Å². The highest BCUT2D eigenvalue weighted by Gasteiger charge is 2.18. The molecule has 0 atom stereocenters. The van der Waals surface area contributed by atoms with Crippen LogP contribution < -0.4 is 5.14 Å². The van der Waals surface area contributed by atoms with E-state index in [-0.39, 0.29) is 4.90 Å². The van der Waals surface area contributed by atoms with Gasteiger partial charge < -0.3 is 9.05 Å². The summed E-state index contributed by atoms with van der Waals surface area (Å²) in [6, 6.07) is 7.91. The van der Waals surface area contributed by atoms with Crippen LogP contribution >= 0.6 is 0 Å². The molecule has 0 unspecified atom stereocenters. The summed E-state index contributed by atoms with van der Waals surface area (Å²) in [5, 5.41) is 12.7. The minimum absolute atomic E-state index is 0.0492. The number of aromatic nitrogens is 2. The van der Waals surface area contributed by atoms with E-state index in [9.17, 15) is 8.42 Å². The number of primary sulfonamides is 1. The molecular formula is C12H9N3O4S. The lowest BCUT2D eigenvalue weighted by Gasteiger charge is -2.06. The maximum absolute atomic E-state index is 11.7. The fourth-order valence-electron chi connectivity index (χ4n) is 1.84. The number of nitrogens with zero attached hydrogens (tertiary/aromatic N) is 2. The summed E-state index contributed by atoms with van der Waals surface area (Å²) < 4.78 is 33.0. The van der Waals surface area contributed by atoms with Gasteiger partial charge in [-0.3, -0.25) is 0 Å². The van der Waals surface area contributed by atoms with Crippen molar-refractivity contribution in [2.24, 2.45) is 5.14 Å². The van der Waals surface area contributed by atoms with Gasteiger partial charge in [-0.15, -0.1) is 0 Å². The molecule has 0 saturated carbocycles. The average molecular weight is 291 g/mol. The molecule has 0 amide bonds. The van der Waals surface area contributed by atoms with Gasteiger partial charge in [-0.1, -0.05) is 22.4 Å². The van der Waals surface area contributed by atoms with Gasteiger partial charge in [0.15, 0.2) is 0 Å². The smallest absolute Gasteiger partial charge is 0.238 e. The van der Waals surface area contributed by atoms with Crippen molar-refractivity contribution in [1.82, 2.24) is 10.3 Å². The molecule has 1 aromatic carbocycles. The Balaban J connectivity index is 2.23. The van der Waals surface area contributed by atoms with Crippen LogP contribution in [0.25, 0.3) is 22.5 Å². The second-order valence-corrected chi connectivity index (χ2v) is 5.56. The summed E-state index contributed by atoms with van der Waals surface area (Å²) >= 11 is 0. The molecule has 0 aliphatic carbocycles. The maximum Gasteiger partial charge on any atom is 0.238 e. The quantitative estimate of drug-likeness (QED) is 0.785. The zero-order chi connectivity index (χ0) is 14.2. The summed E-state index contributed by atoms with van der Waals surface area (Å²) in [7, 11) is -3.91. The molecule has 0 aliphatic heterocycles. The molecule has 8 heteroatoms. The average Bonchev–Trinajstić information content (AvgIpc) is 3.10. The van der Waals surface area contributed by atoms with E-state index in [4.69, 9.17) is 14.2 Å². The summed E-state index contributed by atoms with van der Waals surface area (Å²) in [6.45, 7) is 0. The molecule has 0 radical (unpaired) electrons. The molecule has 3 rings (SSSR count). The zero-order valence-electron chi connectivity index (χ0n) is 10.1. The second kappa shape index (κ2) is 4.58. The maximum atomic E-state index is 11.7. The Morgan fingerprint density at radius 3 is 2.15 bits per heavy atom. The van der Waals surface area contributed by atoms with Crippen LogP contribution in [0.4, 0.5) is 0 Å². The van der Waals surface area contributed by atoms with E-state index in [1.54, 1.807) is 24.3 Å². The molecule has 0 fully saturated rings. The lowest BCUT2D eigenvalue weighted by Crippen LogP contribution is -2.13. The molecule has 102 valence electrons. The lowest BCUT2D eigenvalue weighted by molar-refractivity contribution is 0.422. The second-order valence-electron chi connectivity index (χ2n) is 4.03. The van der Waals surface area contributed by atoms with Gasteiger partial charge in [0, 0.05) is 23.3 Å². The predicted octanol–water partition coefficient (Wildman–Crippen LogP) is 1.64. The molecule has 20 heavy (non-hydrogen) atoms. The summed E-state index contributed by atoms with van der Waals surface area (Å²) in [5.41, 5.74) is 1.85. The number of rotatable bonds is 3. The Morgan fingerprint density at radius 1 is 0.950 bits per heavy atom. The van der Waals surface area contributed by atoms with Crippen LogP contribution in [0.3, 0.4) is 0 Å². The van der Waals surface area contributed by atoms with E-state index >= 15 is 0 Å². The molecule has 0 saturated heterocycles. The fraction of sp³-hybridized carbons (Fsp3) is 0. The molecular weight excluding hydrogens is 282 g/mol. The largest absolute Gasteiger partial charge is 0.364 e. The Kier molecular flexibility index (Phi) is 2.88. The molecule has 0 spiro atoms. The van der Waals surface area contributed by atoms with E-state index in [1.165, 1.54) is 18.6 Å². The monoisotopic (exact) mass is 291 g/mol. The van der Waals surface area contributed by atoms with Crippen LogP contribution in [-0.2, 0) is 10.0 Å². The Labute approximate surface area is 114 Å². The number of hydrogen-bond acceptors (Lipinski definition) is 6. The first-order valence-corrected chi connectivity index (χ1v) is 7.09. The first-order valence-electron chi connectivity index (χ1n) is 5.54. The summed E-state index contributed by atoms with van der Waals surface area (Å²) in [4.78, 5) is -0.0492. The molecule has 2 N–H and O–H groups in total. The SMILES string of the molecule is NS(=O)(=O)c1cc(-c2ccon2)ccc1-c1ccon1. The molecule has 3 aromatic rings. The van der Waals surface area contributed by atoms with Gasteiger partial charge in [0.1, 0.15) is 23.9 Å². The van der Waals surface area contributed by atoms with Gasteiger partial charge in [0.2, 0.25) is 10.0 Å². The minimum Gasteiger partial charge on any atom is -0.364 e. The van der Waals surface area contributed by atoms with Gasteiger partial charge in [-0.25, -0.2) is 13.6 Å². The number of benzene rings is 1.